The zero-order valence-corrected chi connectivity index (χ0v) is 24.7. The lowest BCUT2D eigenvalue weighted by Gasteiger charge is -2.26. The molecule has 6 nitrogen and oxygen atoms in total. The van der Waals surface area contributed by atoms with E-state index in [4.69, 9.17) is 0 Å². The number of anilines is 5. The summed E-state index contributed by atoms with van der Waals surface area (Å²) in [5, 5.41) is 8.16. The molecule has 0 unspecified atom stereocenters. The molecule has 216 valence electrons. The molecule has 0 aliphatic rings. The van der Waals surface area contributed by atoms with E-state index in [0.717, 1.165) is 33.8 Å². The van der Waals surface area contributed by atoms with E-state index in [0.29, 0.717) is 22.5 Å². The first kappa shape index (κ1) is 28.2. The Morgan fingerprint density at radius 3 is 1.30 bits per heavy atom. The molecule has 6 aromatic rings. The highest BCUT2D eigenvalue weighted by molar-refractivity contribution is 6.09. The first-order valence-electron chi connectivity index (χ1n) is 14.3. The number of nitrogens with one attached hydrogen (secondary N) is 2. The monoisotopic (exact) mass is 576 g/mol. The maximum absolute atomic E-state index is 12.2. The number of carbonyl (C=O) groups is 2. The SMILES string of the molecule is C=C(C)C(=O)Nc1ccc(N(c2ccc(NC(=O)C(=C)C)cc2)c2ccc(-n3c4ccccc4c4ccccc43)cc2)cc1. The van der Waals surface area contributed by atoms with Gasteiger partial charge < -0.3 is 20.1 Å². The van der Waals surface area contributed by atoms with Gasteiger partial charge in [0, 0.05) is 56.0 Å². The lowest BCUT2D eigenvalue weighted by Crippen LogP contribution is -2.13. The number of hydrogen-bond donors (Lipinski definition) is 2. The number of para-hydroxylation sites is 2. The van der Waals surface area contributed by atoms with E-state index in [1.807, 2.05) is 48.5 Å². The topological polar surface area (TPSA) is 66.4 Å². The second kappa shape index (κ2) is 11.8. The molecule has 0 aliphatic heterocycles. The molecular weight excluding hydrogens is 544 g/mol. The summed E-state index contributed by atoms with van der Waals surface area (Å²) in [5.74, 6) is -0.440. The molecule has 2 N–H and O–H groups in total. The van der Waals surface area contributed by atoms with Crippen molar-refractivity contribution in [3.63, 3.8) is 0 Å². The Morgan fingerprint density at radius 1 is 0.545 bits per heavy atom. The van der Waals surface area contributed by atoms with Crippen LogP contribution in [0.5, 0.6) is 0 Å². The van der Waals surface area contributed by atoms with Gasteiger partial charge in [-0.3, -0.25) is 9.59 Å². The number of amides is 2. The molecule has 1 aromatic heterocycles. The minimum atomic E-state index is -0.220. The van der Waals surface area contributed by atoms with Crippen LogP contribution in [0.1, 0.15) is 13.8 Å². The second-order valence-corrected chi connectivity index (χ2v) is 10.8. The van der Waals surface area contributed by atoms with Gasteiger partial charge in [0.2, 0.25) is 0 Å². The van der Waals surface area contributed by atoms with Gasteiger partial charge in [-0.05, 0) is 98.8 Å². The van der Waals surface area contributed by atoms with Crippen LogP contribution in [0.25, 0.3) is 27.5 Å². The molecule has 0 atom stereocenters. The van der Waals surface area contributed by atoms with E-state index in [-0.39, 0.29) is 11.8 Å². The summed E-state index contributed by atoms with van der Waals surface area (Å²) in [6.07, 6.45) is 0. The van der Waals surface area contributed by atoms with Crippen LogP contribution in [0.4, 0.5) is 28.4 Å². The van der Waals surface area contributed by atoms with Crippen molar-refractivity contribution in [2.75, 3.05) is 15.5 Å². The van der Waals surface area contributed by atoms with E-state index >= 15 is 0 Å². The number of aromatic nitrogens is 1. The molecular formula is C38H32N4O2. The molecule has 1 heterocycles. The Kier molecular flexibility index (Phi) is 7.56. The normalized spacial score (nSPS) is 10.9. The van der Waals surface area contributed by atoms with Crippen LogP contribution >= 0.6 is 0 Å². The Hall–Kier alpha value is -5.88. The molecule has 44 heavy (non-hydrogen) atoms. The highest BCUT2D eigenvalue weighted by atomic mass is 16.2. The van der Waals surface area contributed by atoms with Gasteiger partial charge in [-0.1, -0.05) is 49.6 Å². The van der Waals surface area contributed by atoms with Gasteiger partial charge >= 0.3 is 0 Å². The standard InChI is InChI=1S/C38H32N4O2/c1-25(2)37(43)39-27-13-17-29(18-14-27)41(30-19-15-28(16-20-30)40-38(44)26(3)4)31-21-23-32(24-22-31)42-35-11-7-5-9-33(35)34-10-6-8-12-36(34)42/h5-24H,1,3H2,2,4H3,(H,39,43)(H,40,44). The van der Waals surface area contributed by atoms with Crippen molar-refractivity contribution in [1.29, 1.82) is 0 Å². The summed E-state index contributed by atoms with van der Waals surface area (Å²) in [4.78, 5) is 26.4. The quantitative estimate of drug-likeness (QED) is 0.178. The van der Waals surface area contributed by atoms with Gasteiger partial charge in [0.1, 0.15) is 0 Å². The van der Waals surface area contributed by atoms with Crippen molar-refractivity contribution in [2.24, 2.45) is 0 Å². The molecule has 0 aliphatic carbocycles. The van der Waals surface area contributed by atoms with Crippen LogP contribution in [0.2, 0.25) is 0 Å². The molecule has 5 aromatic carbocycles. The molecule has 2 amide bonds. The minimum Gasteiger partial charge on any atom is -0.322 e. The summed E-state index contributed by atoms with van der Waals surface area (Å²) in [6.45, 7) is 10.8. The third kappa shape index (κ3) is 5.49. The third-order valence-corrected chi connectivity index (χ3v) is 7.49. The summed E-state index contributed by atoms with van der Waals surface area (Å²) in [6, 6.07) is 40.7. The van der Waals surface area contributed by atoms with Crippen LogP contribution in [0, 0.1) is 0 Å². The predicted molar refractivity (Wildman–Crippen MR) is 182 cm³/mol. The molecule has 0 saturated carbocycles. The Labute approximate surface area is 256 Å². The van der Waals surface area contributed by atoms with Gasteiger partial charge in [-0.25, -0.2) is 0 Å². The fourth-order valence-electron chi connectivity index (χ4n) is 5.26. The van der Waals surface area contributed by atoms with E-state index in [1.165, 1.54) is 10.8 Å². The number of carbonyl (C=O) groups excluding carboxylic acids is 2. The largest absolute Gasteiger partial charge is 0.322 e. The average molecular weight is 577 g/mol. The van der Waals surface area contributed by atoms with E-state index in [2.05, 4.69) is 106 Å². The van der Waals surface area contributed by atoms with Crippen molar-refractivity contribution in [3.8, 4) is 5.69 Å². The Balaban J connectivity index is 1.40. The van der Waals surface area contributed by atoms with E-state index in [1.54, 1.807) is 13.8 Å². The highest BCUT2D eigenvalue weighted by Crippen LogP contribution is 2.37. The van der Waals surface area contributed by atoms with Gasteiger partial charge in [0.05, 0.1) is 11.0 Å². The summed E-state index contributed by atoms with van der Waals surface area (Å²) in [5.41, 5.74) is 8.37. The summed E-state index contributed by atoms with van der Waals surface area (Å²) >= 11 is 0. The summed E-state index contributed by atoms with van der Waals surface area (Å²) < 4.78 is 2.29. The van der Waals surface area contributed by atoms with Crippen LogP contribution in [-0.4, -0.2) is 16.4 Å². The fourth-order valence-corrected chi connectivity index (χ4v) is 5.26. The number of nitrogens with zero attached hydrogens (tertiary/aromatic N) is 2. The van der Waals surface area contributed by atoms with Gasteiger partial charge in [0.15, 0.2) is 0 Å². The van der Waals surface area contributed by atoms with Crippen molar-refractivity contribution in [3.05, 3.63) is 146 Å². The molecule has 6 rings (SSSR count). The first-order chi connectivity index (χ1) is 21.3. The lowest BCUT2D eigenvalue weighted by atomic mass is 10.1. The molecule has 0 radical (unpaired) electrons. The van der Waals surface area contributed by atoms with Crippen LogP contribution in [0.15, 0.2) is 146 Å². The number of fused-ring (bicyclic) bond motifs is 3. The number of benzene rings is 5. The third-order valence-electron chi connectivity index (χ3n) is 7.49. The average Bonchev–Trinajstić information content (AvgIpc) is 3.37. The van der Waals surface area contributed by atoms with Gasteiger partial charge in [-0.2, -0.15) is 0 Å². The smallest absolute Gasteiger partial charge is 0.250 e. The summed E-state index contributed by atoms with van der Waals surface area (Å²) in [7, 11) is 0. The van der Waals surface area contributed by atoms with E-state index in [9.17, 15) is 9.59 Å². The predicted octanol–water partition coefficient (Wildman–Crippen LogP) is 9.28. The highest BCUT2D eigenvalue weighted by Gasteiger charge is 2.16. The zero-order valence-electron chi connectivity index (χ0n) is 24.7. The molecule has 0 spiro atoms. The Bertz CT molecular complexity index is 1910. The molecule has 0 fully saturated rings. The van der Waals surface area contributed by atoms with Gasteiger partial charge in [-0.15, -0.1) is 0 Å². The fraction of sp³-hybridized carbons (Fsp3) is 0.0526. The molecule has 6 heteroatoms. The van der Waals surface area contributed by atoms with Crippen molar-refractivity contribution in [2.45, 2.75) is 13.8 Å². The van der Waals surface area contributed by atoms with Gasteiger partial charge in [0.25, 0.3) is 11.8 Å². The first-order valence-corrected chi connectivity index (χ1v) is 14.3. The van der Waals surface area contributed by atoms with E-state index < -0.39 is 0 Å². The van der Waals surface area contributed by atoms with Crippen LogP contribution < -0.4 is 15.5 Å². The minimum absolute atomic E-state index is 0.220. The van der Waals surface area contributed by atoms with Crippen LogP contribution in [-0.2, 0) is 9.59 Å². The van der Waals surface area contributed by atoms with Crippen molar-refractivity contribution < 1.29 is 9.59 Å². The number of hydrogen-bond acceptors (Lipinski definition) is 3. The maximum Gasteiger partial charge on any atom is 0.250 e. The maximum atomic E-state index is 12.2. The number of rotatable bonds is 8. The van der Waals surface area contributed by atoms with Crippen molar-refractivity contribution in [1.82, 2.24) is 4.57 Å². The molecule has 0 saturated heterocycles. The second-order valence-electron chi connectivity index (χ2n) is 10.8. The zero-order chi connectivity index (χ0) is 30.8. The van der Waals surface area contributed by atoms with Crippen LogP contribution in [0.3, 0.4) is 0 Å². The lowest BCUT2D eigenvalue weighted by molar-refractivity contribution is -0.113. The molecule has 0 bridgehead atoms. The van der Waals surface area contributed by atoms with Crippen molar-refractivity contribution >= 4 is 62.1 Å². The Morgan fingerprint density at radius 2 is 0.909 bits per heavy atom.